The summed E-state index contributed by atoms with van der Waals surface area (Å²) in [6.07, 6.45) is 3.53. The highest BCUT2D eigenvalue weighted by Crippen LogP contribution is 2.29. The Bertz CT molecular complexity index is 483. The van der Waals surface area contributed by atoms with Crippen molar-refractivity contribution in [1.29, 1.82) is 0 Å². The molecule has 0 heterocycles. The Labute approximate surface area is 133 Å². The fourth-order valence-electron chi connectivity index (χ4n) is 1.85. The van der Waals surface area contributed by atoms with Crippen LogP contribution in [0, 0.1) is 5.82 Å². The first-order valence-corrected chi connectivity index (χ1v) is 8.03. The quantitative estimate of drug-likeness (QED) is 0.474. The van der Waals surface area contributed by atoms with Crippen molar-refractivity contribution in [2.24, 2.45) is 4.99 Å². The van der Waals surface area contributed by atoms with Gasteiger partial charge in [-0.1, -0.05) is 19.4 Å². The Morgan fingerprint density at radius 2 is 2.05 bits per heavy atom. The molecule has 0 saturated carbocycles. The van der Waals surface area contributed by atoms with E-state index in [0.717, 1.165) is 25.0 Å². The van der Waals surface area contributed by atoms with Crippen molar-refractivity contribution in [3.8, 4) is 0 Å². The molecule has 1 aromatic rings. The van der Waals surface area contributed by atoms with Gasteiger partial charge in [-0.15, -0.1) is 0 Å². The average molecular weight is 358 g/mol. The molecule has 116 valence electrons. The molecule has 1 rings (SSSR count). The van der Waals surface area contributed by atoms with Crippen molar-refractivity contribution in [1.82, 2.24) is 0 Å². The van der Waals surface area contributed by atoms with Crippen LogP contribution < -0.4 is 0 Å². The number of aliphatic imine (C=N–C) groups is 1. The summed E-state index contributed by atoms with van der Waals surface area (Å²) in [5.41, 5.74) is 1.13. The Morgan fingerprint density at radius 1 is 1.29 bits per heavy atom. The van der Waals surface area contributed by atoms with E-state index in [4.69, 9.17) is 4.74 Å². The average Bonchev–Trinajstić information content (AvgIpc) is 2.45. The molecule has 0 aromatic heterocycles. The van der Waals surface area contributed by atoms with Gasteiger partial charge >= 0.3 is 5.97 Å². The van der Waals surface area contributed by atoms with Gasteiger partial charge in [-0.3, -0.25) is 9.79 Å². The fourth-order valence-corrected chi connectivity index (χ4v) is 2.28. The lowest BCUT2D eigenvalue weighted by Crippen LogP contribution is -2.08. The third-order valence-corrected chi connectivity index (χ3v) is 3.59. The topological polar surface area (TPSA) is 38.7 Å². The van der Waals surface area contributed by atoms with Crippen molar-refractivity contribution in [2.45, 2.75) is 46.0 Å². The summed E-state index contributed by atoms with van der Waals surface area (Å²) in [6.45, 7) is 4.24. The number of hydrogen-bond donors (Lipinski definition) is 0. The molecule has 0 unspecified atom stereocenters. The summed E-state index contributed by atoms with van der Waals surface area (Å²) >= 11 is 3.31. The maximum atomic E-state index is 13.8. The molecule has 21 heavy (non-hydrogen) atoms. The van der Waals surface area contributed by atoms with Crippen LogP contribution in [0.15, 0.2) is 27.7 Å². The minimum Gasteiger partial charge on any atom is -0.466 e. The van der Waals surface area contributed by atoms with E-state index in [9.17, 15) is 9.18 Å². The molecule has 0 aliphatic carbocycles. The third kappa shape index (κ3) is 6.38. The molecule has 0 aliphatic rings. The first-order chi connectivity index (χ1) is 10.1. The van der Waals surface area contributed by atoms with Crippen LogP contribution in [0.3, 0.4) is 0 Å². The molecule has 0 amide bonds. The molecule has 0 atom stereocenters. The van der Waals surface area contributed by atoms with Crippen molar-refractivity contribution >= 4 is 33.3 Å². The molecule has 0 aliphatic heterocycles. The van der Waals surface area contributed by atoms with Gasteiger partial charge in [0, 0.05) is 10.2 Å². The molecule has 1 aromatic carbocycles. The molecular formula is C16H21BrFNO2. The van der Waals surface area contributed by atoms with Crippen molar-refractivity contribution in [3.05, 3.63) is 28.5 Å². The van der Waals surface area contributed by atoms with Crippen LogP contribution in [-0.2, 0) is 9.53 Å². The van der Waals surface area contributed by atoms with E-state index in [0.29, 0.717) is 23.2 Å². The van der Waals surface area contributed by atoms with Crippen LogP contribution in [0.2, 0.25) is 0 Å². The number of rotatable bonds is 8. The SMILES string of the molecule is CCCC/C(CCC(=O)OCC)=N/c1c(F)cccc1Br. The Morgan fingerprint density at radius 3 is 2.67 bits per heavy atom. The highest BCUT2D eigenvalue weighted by molar-refractivity contribution is 9.10. The first-order valence-electron chi connectivity index (χ1n) is 7.24. The number of nitrogens with zero attached hydrogens (tertiary/aromatic N) is 1. The zero-order valence-corrected chi connectivity index (χ0v) is 14.1. The maximum absolute atomic E-state index is 13.8. The molecule has 0 N–H and O–H groups in total. The molecule has 0 radical (unpaired) electrons. The summed E-state index contributed by atoms with van der Waals surface area (Å²) in [4.78, 5) is 15.9. The van der Waals surface area contributed by atoms with Crippen LogP contribution in [0.25, 0.3) is 0 Å². The summed E-state index contributed by atoms with van der Waals surface area (Å²) < 4.78 is 19.4. The number of unbranched alkanes of at least 4 members (excludes halogenated alkanes) is 1. The normalized spacial score (nSPS) is 11.5. The fraction of sp³-hybridized carbons (Fsp3) is 0.500. The lowest BCUT2D eigenvalue weighted by Gasteiger charge is -2.08. The van der Waals surface area contributed by atoms with E-state index in [1.165, 1.54) is 6.07 Å². The predicted octanol–water partition coefficient (Wildman–Crippen LogP) is 5.19. The predicted molar refractivity (Wildman–Crippen MR) is 86.6 cm³/mol. The number of carbonyl (C=O) groups excluding carboxylic acids is 1. The molecular weight excluding hydrogens is 337 g/mol. The number of ether oxygens (including phenoxy) is 1. The van der Waals surface area contributed by atoms with Gasteiger partial charge in [-0.25, -0.2) is 4.39 Å². The Balaban J connectivity index is 2.85. The highest BCUT2D eigenvalue weighted by atomic mass is 79.9. The van der Waals surface area contributed by atoms with Crippen LogP contribution in [0.4, 0.5) is 10.1 Å². The second-order valence-electron chi connectivity index (χ2n) is 4.66. The second-order valence-corrected chi connectivity index (χ2v) is 5.51. The number of halogens is 2. The second kappa shape index (κ2) is 9.66. The smallest absolute Gasteiger partial charge is 0.306 e. The standard InChI is InChI=1S/C16H21BrFNO2/c1-3-5-7-12(10-11-15(20)21-4-2)19-16-13(17)8-6-9-14(16)18/h6,8-9H,3-5,7,10-11H2,1-2H3/b19-12-. The summed E-state index contributed by atoms with van der Waals surface area (Å²) in [7, 11) is 0. The van der Waals surface area contributed by atoms with Gasteiger partial charge in [-0.2, -0.15) is 0 Å². The zero-order valence-electron chi connectivity index (χ0n) is 12.5. The van der Waals surface area contributed by atoms with Crippen LogP contribution in [-0.4, -0.2) is 18.3 Å². The van der Waals surface area contributed by atoms with Crippen LogP contribution in [0.1, 0.15) is 46.0 Å². The number of hydrogen-bond acceptors (Lipinski definition) is 3. The van der Waals surface area contributed by atoms with Gasteiger partial charge in [-0.05, 0) is 54.2 Å². The maximum Gasteiger partial charge on any atom is 0.306 e. The molecule has 0 bridgehead atoms. The van der Waals surface area contributed by atoms with E-state index in [2.05, 4.69) is 27.8 Å². The molecule has 0 fully saturated rings. The van der Waals surface area contributed by atoms with E-state index in [1.807, 2.05) is 0 Å². The van der Waals surface area contributed by atoms with Gasteiger partial charge in [0.1, 0.15) is 11.5 Å². The Kier molecular flexibility index (Phi) is 8.20. The summed E-state index contributed by atoms with van der Waals surface area (Å²) in [5.74, 6) is -0.608. The molecule has 0 saturated heterocycles. The third-order valence-electron chi connectivity index (χ3n) is 2.95. The lowest BCUT2D eigenvalue weighted by molar-refractivity contribution is -0.142. The number of para-hydroxylation sites is 1. The zero-order chi connectivity index (χ0) is 15.7. The van der Waals surface area contributed by atoms with Gasteiger partial charge < -0.3 is 4.74 Å². The van der Waals surface area contributed by atoms with E-state index in [-0.39, 0.29) is 18.2 Å². The van der Waals surface area contributed by atoms with Crippen molar-refractivity contribution < 1.29 is 13.9 Å². The number of carbonyl (C=O) groups is 1. The van der Waals surface area contributed by atoms with Gasteiger partial charge in [0.15, 0.2) is 0 Å². The van der Waals surface area contributed by atoms with Crippen molar-refractivity contribution in [3.63, 3.8) is 0 Å². The number of benzene rings is 1. The van der Waals surface area contributed by atoms with E-state index < -0.39 is 0 Å². The minimum absolute atomic E-state index is 0.241. The lowest BCUT2D eigenvalue weighted by atomic mass is 10.1. The van der Waals surface area contributed by atoms with Crippen LogP contribution >= 0.6 is 15.9 Å². The van der Waals surface area contributed by atoms with Crippen molar-refractivity contribution in [2.75, 3.05) is 6.61 Å². The monoisotopic (exact) mass is 357 g/mol. The minimum atomic E-state index is -0.366. The van der Waals surface area contributed by atoms with Gasteiger partial charge in [0.05, 0.1) is 13.0 Å². The molecule has 3 nitrogen and oxygen atoms in total. The van der Waals surface area contributed by atoms with Gasteiger partial charge in [0.25, 0.3) is 0 Å². The molecule has 5 heteroatoms. The largest absolute Gasteiger partial charge is 0.466 e. The number of esters is 1. The summed E-state index contributed by atoms with van der Waals surface area (Å²) in [6, 6.07) is 4.76. The van der Waals surface area contributed by atoms with Crippen LogP contribution in [0.5, 0.6) is 0 Å². The summed E-state index contributed by atoms with van der Waals surface area (Å²) in [5, 5.41) is 0. The molecule has 0 spiro atoms. The van der Waals surface area contributed by atoms with E-state index >= 15 is 0 Å². The van der Waals surface area contributed by atoms with Gasteiger partial charge in [0.2, 0.25) is 0 Å². The highest BCUT2D eigenvalue weighted by Gasteiger charge is 2.10. The van der Waals surface area contributed by atoms with E-state index in [1.54, 1.807) is 19.1 Å². The Hall–Kier alpha value is -1.23. The first kappa shape index (κ1) is 17.8.